The normalized spacial score (nSPS) is 12.2. The van der Waals surface area contributed by atoms with Crippen LogP contribution in [0.5, 0.6) is 0 Å². The van der Waals surface area contributed by atoms with E-state index in [0.29, 0.717) is 17.6 Å². The zero-order valence-electron chi connectivity index (χ0n) is 11.9. The van der Waals surface area contributed by atoms with E-state index in [1.54, 1.807) is 12.5 Å². The fourth-order valence-electron chi connectivity index (χ4n) is 1.75. The maximum atomic E-state index is 11.8. The van der Waals surface area contributed by atoms with Crippen LogP contribution in [0.1, 0.15) is 17.5 Å². The number of imidazole rings is 1. The molecular weight excluding hydrogens is 274 g/mol. The monoisotopic (exact) mass is 293 g/mol. The van der Waals surface area contributed by atoms with Gasteiger partial charge in [0.1, 0.15) is 0 Å². The van der Waals surface area contributed by atoms with Gasteiger partial charge in [-0.15, -0.1) is 11.3 Å². The molecule has 0 spiro atoms. The van der Waals surface area contributed by atoms with Crippen LogP contribution in [0.15, 0.2) is 18.7 Å². The number of aromatic nitrogens is 3. The highest BCUT2D eigenvalue weighted by molar-refractivity contribution is 7.15. The number of nitrogens with one attached hydrogen (secondary N) is 2. The molecule has 7 heteroatoms. The van der Waals surface area contributed by atoms with Gasteiger partial charge in [0.15, 0.2) is 5.13 Å². The fourth-order valence-corrected chi connectivity index (χ4v) is 2.56. The second kappa shape index (κ2) is 6.51. The largest absolute Gasteiger partial charge is 0.337 e. The lowest BCUT2D eigenvalue weighted by molar-refractivity contribution is 0.250. The predicted molar refractivity (Wildman–Crippen MR) is 80.0 cm³/mol. The topological polar surface area (TPSA) is 71.8 Å². The molecule has 0 radical (unpaired) electrons. The Bertz CT molecular complexity index is 544. The van der Waals surface area contributed by atoms with E-state index in [-0.39, 0.29) is 6.03 Å². The van der Waals surface area contributed by atoms with Crippen LogP contribution in [0, 0.1) is 19.8 Å². The van der Waals surface area contributed by atoms with E-state index in [9.17, 15) is 4.79 Å². The number of anilines is 1. The molecule has 1 atom stereocenters. The number of amides is 2. The Morgan fingerprint density at radius 3 is 2.90 bits per heavy atom. The Morgan fingerprint density at radius 2 is 2.30 bits per heavy atom. The molecular formula is C13H19N5OS. The highest BCUT2D eigenvalue weighted by Gasteiger charge is 2.09. The summed E-state index contributed by atoms with van der Waals surface area (Å²) >= 11 is 1.49. The van der Waals surface area contributed by atoms with Crippen molar-refractivity contribution in [2.75, 3.05) is 11.9 Å². The van der Waals surface area contributed by atoms with E-state index in [2.05, 4.69) is 27.5 Å². The minimum atomic E-state index is -0.212. The van der Waals surface area contributed by atoms with Crippen LogP contribution in [0.4, 0.5) is 9.93 Å². The Balaban J connectivity index is 1.74. The SMILES string of the molecule is Cc1nc(NC(=O)NCC(C)Cn2ccnc2)sc1C. The first-order valence-corrected chi connectivity index (χ1v) is 7.31. The number of nitrogens with zero attached hydrogens (tertiary/aromatic N) is 3. The first-order valence-electron chi connectivity index (χ1n) is 6.49. The van der Waals surface area contributed by atoms with Crippen molar-refractivity contribution in [2.24, 2.45) is 5.92 Å². The second-order valence-electron chi connectivity index (χ2n) is 4.86. The molecule has 0 aliphatic heterocycles. The van der Waals surface area contributed by atoms with Crippen molar-refractivity contribution in [1.29, 1.82) is 0 Å². The number of thiazole rings is 1. The summed E-state index contributed by atoms with van der Waals surface area (Å²) in [5, 5.41) is 6.25. The van der Waals surface area contributed by atoms with E-state index in [4.69, 9.17) is 0 Å². The summed E-state index contributed by atoms with van der Waals surface area (Å²) in [6.07, 6.45) is 5.44. The van der Waals surface area contributed by atoms with Crippen molar-refractivity contribution in [1.82, 2.24) is 19.9 Å². The lowest BCUT2D eigenvalue weighted by Crippen LogP contribution is -2.33. The Labute approximate surface area is 122 Å². The molecule has 0 saturated carbocycles. The van der Waals surface area contributed by atoms with Crippen LogP contribution in [0.2, 0.25) is 0 Å². The maximum Gasteiger partial charge on any atom is 0.321 e. The number of carbonyl (C=O) groups excluding carboxylic acids is 1. The Kier molecular flexibility index (Phi) is 4.73. The zero-order chi connectivity index (χ0) is 14.5. The molecule has 6 nitrogen and oxygen atoms in total. The average molecular weight is 293 g/mol. The highest BCUT2D eigenvalue weighted by atomic mass is 32.1. The first-order chi connectivity index (χ1) is 9.54. The van der Waals surface area contributed by atoms with Gasteiger partial charge < -0.3 is 9.88 Å². The number of rotatable bonds is 5. The molecule has 2 aromatic rings. The van der Waals surface area contributed by atoms with Crippen molar-refractivity contribution < 1.29 is 4.79 Å². The van der Waals surface area contributed by atoms with E-state index >= 15 is 0 Å². The van der Waals surface area contributed by atoms with Crippen molar-refractivity contribution in [3.05, 3.63) is 29.3 Å². The van der Waals surface area contributed by atoms with Gasteiger partial charge >= 0.3 is 6.03 Å². The zero-order valence-corrected chi connectivity index (χ0v) is 12.7. The molecule has 2 N–H and O–H groups in total. The van der Waals surface area contributed by atoms with Crippen LogP contribution in [-0.2, 0) is 6.54 Å². The number of hydrogen-bond donors (Lipinski definition) is 2. The third kappa shape index (κ3) is 4.06. The quantitative estimate of drug-likeness (QED) is 0.889. The summed E-state index contributed by atoms with van der Waals surface area (Å²) in [7, 11) is 0. The average Bonchev–Trinajstić information content (AvgIpc) is 2.98. The van der Waals surface area contributed by atoms with Crippen molar-refractivity contribution in [2.45, 2.75) is 27.3 Å². The van der Waals surface area contributed by atoms with Gasteiger partial charge in [0.25, 0.3) is 0 Å². The fraction of sp³-hybridized carbons (Fsp3) is 0.462. The smallest absolute Gasteiger partial charge is 0.321 e. The third-order valence-corrected chi connectivity index (χ3v) is 3.93. The molecule has 0 aromatic carbocycles. The Hall–Kier alpha value is -1.89. The molecule has 0 bridgehead atoms. The van der Waals surface area contributed by atoms with Crippen LogP contribution >= 0.6 is 11.3 Å². The van der Waals surface area contributed by atoms with Crippen molar-refractivity contribution in [3.63, 3.8) is 0 Å². The number of carbonyl (C=O) groups is 1. The van der Waals surface area contributed by atoms with Gasteiger partial charge in [-0.2, -0.15) is 0 Å². The van der Waals surface area contributed by atoms with Gasteiger partial charge in [-0.3, -0.25) is 5.32 Å². The molecule has 2 rings (SSSR count). The number of hydrogen-bond acceptors (Lipinski definition) is 4. The van der Waals surface area contributed by atoms with Crippen molar-refractivity contribution >= 4 is 22.5 Å². The van der Waals surface area contributed by atoms with Crippen LogP contribution < -0.4 is 10.6 Å². The molecule has 0 fully saturated rings. The van der Waals surface area contributed by atoms with Gasteiger partial charge in [-0.1, -0.05) is 6.92 Å². The molecule has 0 saturated heterocycles. The van der Waals surface area contributed by atoms with Gasteiger partial charge in [0.05, 0.1) is 12.0 Å². The molecule has 20 heavy (non-hydrogen) atoms. The first kappa shape index (κ1) is 14.5. The molecule has 108 valence electrons. The van der Waals surface area contributed by atoms with Gasteiger partial charge in [-0.05, 0) is 19.8 Å². The molecule has 0 aliphatic rings. The minimum absolute atomic E-state index is 0.212. The maximum absolute atomic E-state index is 11.8. The molecule has 2 amide bonds. The highest BCUT2D eigenvalue weighted by Crippen LogP contribution is 2.20. The molecule has 2 heterocycles. The molecule has 0 aliphatic carbocycles. The summed E-state index contributed by atoms with van der Waals surface area (Å²) in [6.45, 7) is 7.44. The predicted octanol–water partition coefficient (Wildman–Crippen LogP) is 2.41. The van der Waals surface area contributed by atoms with E-state index < -0.39 is 0 Å². The summed E-state index contributed by atoms with van der Waals surface area (Å²) < 4.78 is 2.00. The lowest BCUT2D eigenvalue weighted by Gasteiger charge is -2.13. The summed E-state index contributed by atoms with van der Waals surface area (Å²) in [6, 6.07) is -0.212. The number of aryl methyl sites for hydroxylation is 2. The minimum Gasteiger partial charge on any atom is -0.337 e. The molecule has 2 aromatic heterocycles. The second-order valence-corrected chi connectivity index (χ2v) is 6.06. The van der Waals surface area contributed by atoms with Crippen LogP contribution in [0.3, 0.4) is 0 Å². The van der Waals surface area contributed by atoms with Gasteiger partial charge in [0.2, 0.25) is 0 Å². The van der Waals surface area contributed by atoms with Gasteiger partial charge in [-0.25, -0.2) is 14.8 Å². The van der Waals surface area contributed by atoms with Crippen molar-refractivity contribution in [3.8, 4) is 0 Å². The summed E-state index contributed by atoms with van der Waals surface area (Å²) in [4.78, 5) is 21.1. The van der Waals surface area contributed by atoms with Gasteiger partial charge in [0, 0.05) is 30.4 Å². The molecule has 1 unspecified atom stereocenters. The Morgan fingerprint density at radius 1 is 1.50 bits per heavy atom. The summed E-state index contributed by atoms with van der Waals surface area (Å²) in [5.74, 6) is 0.328. The summed E-state index contributed by atoms with van der Waals surface area (Å²) in [5.41, 5.74) is 0.957. The van der Waals surface area contributed by atoms with Crippen LogP contribution in [0.25, 0.3) is 0 Å². The van der Waals surface area contributed by atoms with E-state index in [1.807, 2.05) is 24.6 Å². The van der Waals surface area contributed by atoms with E-state index in [1.165, 1.54) is 11.3 Å². The lowest BCUT2D eigenvalue weighted by atomic mass is 10.2. The van der Waals surface area contributed by atoms with E-state index in [0.717, 1.165) is 17.1 Å². The number of urea groups is 1. The third-order valence-electron chi connectivity index (χ3n) is 2.94. The standard InChI is InChI=1S/C13H19N5OS/c1-9(7-18-5-4-14-8-18)6-15-12(19)17-13-16-10(2)11(3)20-13/h4-5,8-9H,6-7H2,1-3H3,(H2,15,16,17,19). The van der Waals surface area contributed by atoms with Crippen LogP contribution in [-0.4, -0.2) is 27.1 Å².